The topological polar surface area (TPSA) is 103 Å². The average molecular weight is 499 g/mol. The summed E-state index contributed by atoms with van der Waals surface area (Å²) in [6.07, 6.45) is 2.35. The lowest BCUT2D eigenvalue weighted by Gasteiger charge is -2.16. The number of ether oxygens (including phenoxy) is 1. The minimum atomic E-state index is -0.373. The number of carbonyl (C=O) groups excluding carboxylic acids is 2. The van der Waals surface area contributed by atoms with Gasteiger partial charge in [0.1, 0.15) is 24.4 Å². The SMILES string of the molecule is COc1cc(C=O)cc(-c2cnc3nc(-c4cccc(C(C)C)c4)n(CC(=O)NC(C)C)c(=O)c3c2)c1. The fourth-order valence-corrected chi connectivity index (χ4v) is 4.15. The maximum Gasteiger partial charge on any atom is 0.263 e. The summed E-state index contributed by atoms with van der Waals surface area (Å²) in [7, 11) is 1.52. The Balaban J connectivity index is 1.93. The summed E-state index contributed by atoms with van der Waals surface area (Å²) >= 11 is 0. The lowest BCUT2D eigenvalue weighted by atomic mass is 10.0. The van der Waals surface area contributed by atoms with Crippen molar-refractivity contribution in [1.29, 1.82) is 0 Å². The van der Waals surface area contributed by atoms with Gasteiger partial charge in [0.15, 0.2) is 5.65 Å². The number of fused-ring (bicyclic) bond motifs is 1. The molecule has 0 saturated carbocycles. The normalized spacial score (nSPS) is 11.2. The van der Waals surface area contributed by atoms with E-state index >= 15 is 0 Å². The van der Waals surface area contributed by atoms with Gasteiger partial charge in [0.25, 0.3) is 5.56 Å². The van der Waals surface area contributed by atoms with Gasteiger partial charge in [0, 0.05) is 28.9 Å². The molecule has 0 saturated heterocycles. The Morgan fingerprint density at radius 2 is 1.84 bits per heavy atom. The minimum absolute atomic E-state index is 0.0716. The second-order valence-corrected chi connectivity index (χ2v) is 9.54. The first-order chi connectivity index (χ1) is 17.7. The number of aromatic nitrogens is 3. The van der Waals surface area contributed by atoms with Crippen molar-refractivity contribution in [2.24, 2.45) is 0 Å². The van der Waals surface area contributed by atoms with E-state index in [2.05, 4.69) is 24.1 Å². The number of benzene rings is 2. The number of hydrogen-bond acceptors (Lipinski definition) is 6. The highest BCUT2D eigenvalue weighted by molar-refractivity contribution is 5.85. The summed E-state index contributed by atoms with van der Waals surface area (Å²) in [5.74, 6) is 0.890. The molecule has 0 bridgehead atoms. The first kappa shape index (κ1) is 25.8. The quantitative estimate of drug-likeness (QED) is 0.356. The molecule has 2 aromatic carbocycles. The first-order valence-electron chi connectivity index (χ1n) is 12.1. The van der Waals surface area contributed by atoms with Crippen molar-refractivity contribution in [2.75, 3.05) is 7.11 Å². The number of nitrogens with one attached hydrogen (secondary N) is 1. The van der Waals surface area contributed by atoms with Crippen molar-refractivity contribution in [3.63, 3.8) is 0 Å². The van der Waals surface area contributed by atoms with Gasteiger partial charge in [-0.1, -0.05) is 32.0 Å². The van der Waals surface area contributed by atoms with E-state index in [-0.39, 0.29) is 41.0 Å². The van der Waals surface area contributed by atoms with E-state index in [9.17, 15) is 14.4 Å². The Hall–Kier alpha value is -4.33. The monoisotopic (exact) mass is 498 g/mol. The lowest BCUT2D eigenvalue weighted by Crippen LogP contribution is -2.37. The molecular formula is C29H30N4O4. The molecule has 0 spiro atoms. The van der Waals surface area contributed by atoms with Crippen LogP contribution in [0.1, 0.15) is 49.5 Å². The highest BCUT2D eigenvalue weighted by Crippen LogP contribution is 2.28. The number of hydrogen-bond donors (Lipinski definition) is 1. The van der Waals surface area contributed by atoms with Crippen molar-refractivity contribution in [1.82, 2.24) is 19.9 Å². The van der Waals surface area contributed by atoms with E-state index in [1.54, 1.807) is 30.5 Å². The molecule has 0 aliphatic heterocycles. The van der Waals surface area contributed by atoms with Crippen LogP contribution in [0, 0.1) is 0 Å². The first-order valence-corrected chi connectivity index (χ1v) is 12.1. The summed E-state index contributed by atoms with van der Waals surface area (Å²) in [6.45, 7) is 7.73. The molecule has 37 heavy (non-hydrogen) atoms. The van der Waals surface area contributed by atoms with E-state index < -0.39 is 0 Å². The van der Waals surface area contributed by atoms with Gasteiger partial charge < -0.3 is 10.1 Å². The second kappa shape index (κ2) is 10.7. The Kier molecular flexibility index (Phi) is 7.47. The molecule has 8 heteroatoms. The Bertz CT molecular complexity index is 1540. The molecular weight excluding hydrogens is 468 g/mol. The lowest BCUT2D eigenvalue weighted by molar-refractivity contribution is -0.122. The third kappa shape index (κ3) is 5.58. The van der Waals surface area contributed by atoms with Gasteiger partial charge in [0.05, 0.1) is 12.5 Å². The number of methoxy groups -OCH3 is 1. The van der Waals surface area contributed by atoms with Crippen LogP contribution in [-0.2, 0) is 11.3 Å². The van der Waals surface area contributed by atoms with Crippen LogP contribution in [0.3, 0.4) is 0 Å². The fraction of sp³-hybridized carbons (Fsp3) is 0.276. The molecule has 4 rings (SSSR count). The molecule has 2 heterocycles. The summed E-state index contributed by atoms with van der Waals surface area (Å²) in [4.78, 5) is 47.2. The van der Waals surface area contributed by atoms with Crippen LogP contribution in [0.2, 0.25) is 0 Å². The van der Waals surface area contributed by atoms with Crippen molar-refractivity contribution < 1.29 is 14.3 Å². The molecule has 8 nitrogen and oxygen atoms in total. The Morgan fingerprint density at radius 1 is 1.05 bits per heavy atom. The molecule has 1 amide bonds. The zero-order valence-electron chi connectivity index (χ0n) is 21.6. The third-order valence-electron chi connectivity index (χ3n) is 6.01. The largest absolute Gasteiger partial charge is 0.497 e. The molecule has 4 aromatic rings. The molecule has 0 unspecified atom stereocenters. The van der Waals surface area contributed by atoms with Gasteiger partial charge in [-0.3, -0.25) is 19.0 Å². The van der Waals surface area contributed by atoms with Crippen LogP contribution in [0.25, 0.3) is 33.5 Å². The van der Waals surface area contributed by atoms with Crippen LogP contribution >= 0.6 is 0 Å². The van der Waals surface area contributed by atoms with Gasteiger partial charge in [-0.2, -0.15) is 0 Å². The van der Waals surface area contributed by atoms with Crippen LogP contribution in [0.4, 0.5) is 0 Å². The van der Waals surface area contributed by atoms with Crippen molar-refractivity contribution >= 4 is 23.2 Å². The molecule has 2 aromatic heterocycles. The molecule has 0 aliphatic rings. The standard InChI is InChI=1S/C29H30N4O4/c1-17(2)20-7-6-8-21(11-20)28-32-27-25(29(36)33(28)15-26(35)31-18(3)4)13-23(14-30-27)22-9-19(16-34)10-24(12-22)37-5/h6-14,16-18H,15H2,1-5H3,(H,31,35). The van der Waals surface area contributed by atoms with Gasteiger partial charge in [-0.05, 0) is 61.2 Å². The van der Waals surface area contributed by atoms with Crippen molar-refractivity contribution in [2.45, 2.75) is 46.2 Å². The smallest absolute Gasteiger partial charge is 0.263 e. The fourth-order valence-electron chi connectivity index (χ4n) is 4.15. The predicted molar refractivity (Wildman–Crippen MR) is 144 cm³/mol. The molecule has 0 fully saturated rings. The Labute approximate surface area is 215 Å². The van der Waals surface area contributed by atoms with E-state index in [4.69, 9.17) is 9.72 Å². The highest BCUT2D eigenvalue weighted by Gasteiger charge is 2.18. The second-order valence-electron chi connectivity index (χ2n) is 9.54. The molecule has 0 radical (unpaired) electrons. The van der Waals surface area contributed by atoms with E-state index in [1.807, 2.05) is 38.1 Å². The molecule has 0 aliphatic carbocycles. The zero-order chi connectivity index (χ0) is 26.7. The number of rotatable bonds is 8. The number of pyridine rings is 1. The molecule has 190 valence electrons. The van der Waals surface area contributed by atoms with Crippen molar-refractivity contribution in [3.05, 3.63) is 76.2 Å². The van der Waals surface area contributed by atoms with E-state index in [1.165, 1.54) is 11.7 Å². The summed E-state index contributed by atoms with van der Waals surface area (Å²) in [5.41, 5.74) is 3.47. The van der Waals surface area contributed by atoms with Gasteiger partial charge in [-0.25, -0.2) is 9.97 Å². The van der Waals surface area contributed by atoms with Crippen molar-refractivity contribution in [3.8, 4) is 28.3 Å². The maximum absolute atomic E-state index is 13.8. The van der Waals surface area contributed by atoms with Crippen LogP contribution in [0.15, 0.2) is 59.5 Å². The third-order valence-corrected chi connectivity index (χ3v) is 6.01. The summed E-state index contributed by atoms with van der Waals surface area (Å²) < 4.78 is 6.71. The zero-order valence-corrected chi connectivity index (χ0v) is 21.6. The molecule has 0 atom stereocenters. The summed E-state index contributed by atoms with van der Waals surface area (Å²) in [5, 5.41) is 3.12. The molecule has 1 N–H and O–H groups in total. The predicted octanol–water partition coefficient (Wildman–Crippen LogP) is 4.59. The Morgan fingerprint density at radius 3 is 2.51 bits per heavy atom. The summed E-state index contributed by atoms with van der Waals surface area (Å²) in [6, 6.07) is 14.5. The maximum atomic E-state index is 13.8. The number of nitrogens with zero attached hydrogens (tertiary/aromatic N) is 3. The number of carbonyl (C=O) groups is 2. The minimum Gasteiger partial charge on any atom is -0.497 e. The van der Waals surface area contributed by atoms with Gasteiger partial charge >= 0.3 is 0 Å². The highest BCUT2D eigenvalue weighted by atomic mass is 16.5. The van der Waals surface area contributed by atoms with Gasteiger partial charge in [-0.15, -0.1) is 0 Å². The van der Waals surface area contributed by atoms with Crippen LogP contribution in [-0.4, -0.2) is 39.9 Å². The van der Waals surface area contributed by atoms with Gasteiger partial charge in [0.2, 0.25) is 5.91 Å². The number of amides is 1. The number of aldehydes is 1. The average Bonchev–Trinajstić information content (AvgIpc) is 2.89. The van der Waals surface area contributed by atoms with Crippen LogP contribution < -0.4 is 15.6 Å². The van der Waals surface area contributed by atoms with Crippen LogP contribution in [0.5, 0.6) is 5.75 Å². The van der Waals surface area contributed by atoms with E-state index in [0.717, 1.165) is 17.4 Å². The van der Waals surface area contributed by atoms with E-state index in [0.29, 0.717) is 28.3 Å².